The summed E-state index contributed by atoms with van der Waals surface area (Å²) in [6.45, 7) is 14.4. The summed E-state index contributed by atoms with van der Waals surface area (Å²) in [5.41, 5.74) is 0. The van der Waals surface area contributed by atoms with Crippen LogP contribution >= 0.6 is 24.4 Å². The highest BCUT2D eigenvalue weighted by Gasteiger charge is 2.13. The first kappa shape index (κ1) is 12.3. The van der Waals surface area contributed by atoms with Gasteiger partial charge in [-0.15, -0.1) is 24.4 Å². The van der Waals surface area contributed by atoms with E-state index in [9.17, 15) is 0 Å². The Kier molecular flexibility index (Phi) is 6.54. The Labute approximate surface area is 76.2 Å². The first-order chi connectivity index (χ1) is 4.95. The third-order valence-corrected chi connectivity index (χ3v) is 10.1. The smallest absolute Gasteiger partial charge is 0.00612 e. The van der Waals surface area contributed by atoms with E-state index in [0.29, 0.717) is 15.8 Å². The fraction of sp³-hybridized carbons (Fsp3) is 1.00. The zero-order valence-corrected chi connectivity index (χ0v) is 11.3. The Morgan fingerprint density at radius 3 is 1.27 bits per heavy atom. The van der Waals surface area contributed by atoms with Gasteiger partial charge in [-0.2, -0.15) is 0 Å². The Balaban J connectivity index is 3.66. The molecule has 0 rings (SSSR count). The highest BCUT2D eigenvalue weighted by Crippen LogP contribution is 2.52. The minimum Gasteiger partial charge on any atom is -0.107 e. The van der Waals surface area contributed by atoms with Crippen molar-refractivity contribution in [2.24, 2.45) is 0 Å². The van der Waals surface area contributed by atoms with Crippen LogP contribution in [0.25, 0.3) is 0 Å². The molecule has 0 aromatic carbocycles. The maximum Gasteiger partial charge on any atom is -0.00612 e. The Morgan fingerprint density at radius 2 is 1.09 bits per heavy atom. The van der Waals surface area contributed by atoms with Crippen molar-refractivity contribution >= 4 is 24.4 Å². The lowest BCUT2D eigenvalue weighted by molar-refractivity contribution is 1.31. The molecule has 11 heavy (non-hydrogen) atoms. The minimum absolute atomic E-state index is 0.304. The van der Waals surface area contributed by atoms with E-state index in [-0.39, 0.29) is 0 Å². The van der Waals surface area contributed by atoms with E-state index in [0.717, 1.165) is 10.8 Å². The second-order valence-corrected chi connectivity index (χ2v) is 11.9. The molecular formula is C8H21P3. The molecule has 0 aliphatic heterocycles. The lowest BCUT2D eigenvalue weighted by Crippen LogP contribution is -1.97. The van der Waals surface area contributed by atoms with Gasteiger partial charge in [0.15, 0.2) is 0 Å². The normalized spacial score (nSPS) is 18.5. The van der Waals surface area contributed by atoms with Gasteiger partial charge in [0.2, 0.25) is 0 Å². The van der Waals surface area contributed by atoms with Crippen molar-refractivity contribution in [1.29, 1.82) is 0 Å². The van der Waals surface area contributed by atoms with Gasteiger partial charge in [0.1, 0.15) is 0 Å². The lowest BCUT2D eigenvalue weighted by atomic mass is 10.9. The molecule has 0 fully saturated rings. The Bertz CT molecular complexity index is 89.5. The Hall–Kier alpha value is 1.29. The lowest BCUT2D eigenvalue weighted by Gasteiger charge is -2.23. The summed E-state index contributed by atoms with van der Waals surface area (Å²) < 4.78 is 0. The average Bonchev–Trinajstić information content (AvgIpc) is 1.87. The van der Waals surface area contributed by atoms with Gasteiger partial charge < -0.3 is 0 Å². The molecule has 0 N–H and O–H groups in total. The summed E-state index contributed by atoms with van der Waals surface area (Å²) in [7, 11) is 1.81. The molecule has 0 heterocycles. The van der Waals surface area contributed by atoms with E-state index < -0.39 is 0 Å². The summed E-state index contributed by atoms with van der Waals surface area (Å²) in [6.07, 6.45) is 0. The summed E-state index contributed by atoms with van der Waals surface area (Å²) in [6, 6.07) is 0. The molecule has 0 nitrogen and oxygen atoms in total. The predicted octanol–water partition coefficient (Wildman–Crippen LogP) is 3.84. The minimum atomic E-state index is 0.304. The van der Waals surface area contributed by atoms with Gasteiger partial charge in [0.05, 0.1) is 0 Å². The van der Waals surface area contributed by atoms with Crippen LogP contribution in [0.3, 0.4) is 0 Å². The first-order valence-electron chi connectivity index (χ1n) is 4.04. The van der Waals surface area contributed by atoms with Crippen molar-refractivity contribution < 1.29 is 0 Å². The van der Waals surface area contributed by atoms with Crippen LogP contribution in [0.2, 0.25) is 0 Å². The van der Waals surface area contributed by atoms with Crippen LogP contribution in [0, 0.1) is 0 Å². The van der Waals surface area contributed by atoms with Crippen LogP contribution < -0.4 is 0 Å². The molecule has 0 aliphatic rings. The van der Waals surface area contributed by atoms with Crippen molar-refractivity contribution in [2.75, 3.05) is 26.7 Å². The SMILES string of the molecule is CC(PC(C)P(C)C)P(C)C. The van der Waals surface area contributed by atoms with Gasteiger partial charge in [-0.25, -0.2) is 0 Å². The third kappa shape index (κ3) is 5.52. The molecule has 0 aromatic rings. The van der Waals surface area contributed by atoms with E-state index in [1.165, 1.54) is 8.58 Å². The zero-order valence-electron chi connectivity index (χ0n) is 8.55. The number of hydrogen-bond acceptors (Lipinski definition) is 0. The van der Waals surface area contributed by atoms with E-state index in [1.807, 2.05) is 0 Å². The van der Waals surface area contributed by atoms with Gasteiger partial charge in [0.25, 0.3) is 0 Å². The van der Waals surface area contributed by atoms with Crippen LogP contribution in [0.5, 0.6) is 0 Å². The molecule has 2 unspecified atom stereocenters. The van der Waals surface area contributed by atoms with E-state index in [4.69, 9.17) is 0 Å². The fourth-order valence-electron chi connectivity index (χ4n) is 0.647. The van der Waals surface area contributed by atoms with E-state index >= 15 is 0 Å². The molecule has 0 saturated heterocycles. The monoisotopic (exact) mass is 210 g/mol. The second kappa shape index (κ2) is 5.85. The van der Waals surface area contributed by atoms with Crippen molar-refractivity contribution in [3.8, 4) is 0 Å². The first-order valence-corrected chi connectivity index (χ1v) is 9.80. The predicted molar refractivity (Wildman–Crippen MR) is 64.8 cm³/mol. The molecule has 2 atom stereocenters. The van der Waals surface area contributed by atoms with Crippen molar-refractivity contribution in [1.82, 2.24) is 0 Å². The topological polar surface area (TPSA) is 0 Å². The van der Waals surface area contributed by atoms with Gasteiger partial charge >= 0.3 is 0 Å². The zero-order chi connectivity index (χ0) is 9.02. The summed E-state index contributed by atoms with van der Waals surface area (Å²) in [5.74, 6) is 0. The molecule has 0 radical (unpaired) electrons. The highest BCUT2D eigenvalue weighted by molar-refractivity contribution is 7.74. The molecular weight excluding hydrogens is 189 g/mol. The molecule has 3 heteroatoms. The van der Waals surface area contributed by atoms with Crippen LogP contribution in [0.15, 0.2) is 0 Å². The van der Waals surface area contributed by atoms with Gasteiger partial charge in [-0.3, -0.25) is 0 Å². The molecule has 0 saturated carbocycles. The third-order valence-electron chi connectivity index (χ3n) is 2.03. The largest absolute Gasteiger partial charge is 0.107 e. The number of hydrogen-bond donors (Lipinski definition) is 0. The second-order valence-electron chi connectivity index (χ2n) is 3.45. The van der Waals surface area contributed by atoms with Crippen molar-refractivity contribution in [3.05, 3.63) is 0 Å². The summed E-state index contributed by atoms with van der Waals surface area (Å²) in [4.78, 5) is 0. The molecule has 0 aromatic heterocycles. The van der Waals surface area contributed by atoms with Gasteiger partial charge in [-0.1, -0.05) is 13.8 Å². The summed E-state index contributed by atoms with van der Waals surface area (Å²) >= 11 is 0. The highest BCUT2D eigenvalue weighted by atomic mass is 31.2. The van der Waals surface area contributed by atoms with Crippen LogP contribution in [-0.2, 0) is 0 Å². The molecule has 0 bridgehead atoms. The summed E-state index contributed by atoms with van der Waals surface area (Å²) in [5, 5.41) is 1.98. The molecule has 0 spiro atoms. The van der Waals surface area contributed by atoms with Crippen molar-refractivity contribution in [2.45, 2.75) is 24.6 Å². The van der Waals surface area contributed by atoms with Crippen LogP contribution in [-0.4, -0.2) is 37.5 Å². The van der Waals surface area contributed by atoms with Gasteiger partial charge in [0, 0.05) is 0 Å². The van der Waals surface area contributed by atoms with Gasteiger partial charge in [-0.05, 0) is 37.5 Å². The molecule has 0 amide bonds. The molecule has 68 valence electrons. The number of rotatable bonds is 4. The average molecular weight is 210 g/mol. The van der Waals surface area contributed by atoms with E-state index in [1.54, 1.807) is 0 Å². The maximum absolute atomic E-state index is 2.42. The van der Waals surface area contributed by atoms with Crippen LogP contribution in [0.4, 0.5) is 0 Å². The standard InChI is InChI=1S/C8H21P3/c1-7(10(3)4)9-8(2)11(5)6/h7-9H,1-6H3. The quantitative estimate of drug-likeness (QED) is 0.618. The Morgan fingerprint density at radius 1 is 0.818 bits per heavy atom. The van der Waals surface area contributed by atoms with Crippen molar-refractivity contribution in [3.63, 3.8) is 0 Å². The maximum atomic E-state index is 2.42. The van der Waals surface area contributed by atoms with Crippen LogP contribution in [0.1, 0.15) is 13.8 Å². The van der Waals surface area contributed by atoms with E-state index in [2.05, 4.69) is 40.5 Å². The molecule has 0 aliphatic carbocycles. The fourth-order valence-corrected chi connectivity index (χ4v) is 5.42.